The Balaban J connectivity index is 3.49. The molecular weight excluding hydrogens is 584 g/mol. The summed E-state index contributed by atoms with van der Waals surface area (Å²) in [7, 11) is 0. The molecule has 1 N–H and O–H groups in total. The molecular formula is C42H80O5. The lowest BCUT2D eigenvalue weighted by Gasteiger charge is -2.15. The van der Waals surface area contributed by atoms with Gasteiger partial charge in [-0.25, -0.2) is 0 Å². The molecule has 0 aliphatic carbocycles. The Morgan fingerprint density at radius 2 is 0.809 bits per heavy atom. The van der Waals surface area contributed by atoms with E-state index in [-0.39, 0.29) is 25.2 Å². The van der Waals surface area contributed by atoms with E-state index in [1.54, 1.807) is 0 Å². The topological polar surface area (TPSA) is 72.8 Å². The minimum absolute atomic E-state index is 0.0713. The zero-order valence-corrected chi connectivity index (χ0v) is 31.6. The molecule has 0 aromatic heterocycles. The third kappa shape index (κ3) is 37.3. The van der Waals surface area contributed by atoms with Crippen LogP contribution in [0.1, 0.15) is 226 Å². The minimum atomic E-state index is -0.778. The van der Waals surface area contributed by atoms with Gasteiger partial charge < -0.3 is 14.6 Å². The summed E-state index contributed by atoms with van der Waals surface area (Å²) in [4.78, 5) is 24.2. The fourth-order valence-electron chi connectivity index (χ4n) is 6.15. The highest BCUT2D eigenvalue weighted by Crippen LogP contribution is 2.15. The number of allylic oxidation sites excluding steroid dienone is 2. The second-order valence-corrected chi connectivity index (χ2v) is 14.1. The van der Waals surface area contributed by atoms with Crippen LogP contribution >= 0.6 is 0 Å². The summed E-state index contributed by atoms with van der Waals surface area (Å²) in [6.07, 6.45) is 44.4. The third-order valence-electron chi connectivity index (χ3n) is 9.31. The summed E-state index contributed by atoms with van der Waals surface area (Å²) in [6.45, 7) is 4.12. The fraction of sp³-hybridized carbons (Fsp3) is 0.905. The maximum atomic E-state index is 12.1. The van der Waals surface area contributed by atoms with Crippen molar-refractivity contribution in [2.45, 2.75) is 232 Å². The number of hydrogen-bond donors (Lipinski definition) is 1. The average Bonchev–Trinajstić information content (AvgIpc) is 3.07. The molecule has 5 nitrogen and oxygen atoms in total. The van der Waals surface area contributed by atoms with Crippen molar-refractivity contribution in [3.63, 3.8) is 0 Å². The molecule has 0 amide bonds. The van der Waals surface area contributed by atoms with E-state index in [9.17, 15) is 14.7 Å². The Bertz CT molecular complexity index is 676. The standard InChI is InChI=1S/C42H80O5/c1-3-5-7-9-11-13-15-16-17-18-19-20-21-22-23-24-25-26-27-29-31-33-35-37-42(45)47-40(38-43)39-46-41(44)36-34-32-30-28-14-12-10-8-6-4-2/h29,31,40,43H,3-28,30,32-39H2,1-2H3/b31-29+/t40-/m0/s1. The van der Waals surface area contributed by atoms with E-state index in [4.69, 9.17) is 9.47 Å². The Kier molecular flexibility index (Phi) is 38.0. The second-order valence-electron chi connectivity index (χ2n) is 14.1. The minimum Gasteiger partial charge on any atom is -0.462 e. The van der Waals surface area contributed by atoms with Gasteiger partial charge in [-0.15, -0.1) is 0 Å². The van der Waals surface area contributed by atoms with Crippen molar-refractivity contribution in [1.82, 2.24) is 0 Å². The highest BCUT2D eigenvalue weighted by atomic mass is 16.6. The predicted molar refractivity (Wildman–Crippen MR) is 201 cm³/mol. The molecule has 0 rings (SSSR count). The normalized spacial score (nSPS) is 12.1. The van der Waals surface area contributed by atoms with Gasteiger partial charge in [0, 0.05) is 12.8 Å². The number of esters is 2. The SMILES string of the molecule is CCCCCCCCCCCCCCCCCCCC/C=C/CCCC(=O)O[C@@H](CO)COC(=O)CCCCCCCCCCCC. The molecule has 0 saturated heterocycles. The van der Waals surface area contributed by atoms with E-state index in [2.05, 4.69) is 26.0 Å². The van der Waals surface area contributed by atoms with Crippen LogP contribution in [-0.4, -0.2) is 36.4 Å². The first-order valence-corrected chi connectivity index (χ1v) is 20.7. The highest BCUT2D eigenvalue weighted by molar-refractivity contribution is 5.70. The summed E-state index contributed by atoms with van der Waals surface area (Å²) in [6, 6.07) is 0. The van der Waals surface area contributed by atoms with Gasteiger partial charge in [-0.05, 0) is 32.1 Å². The Hall–Kier alpha value is -1.36. The smallest absolute Gasteiger partial charge is 0.306 e. The molecule has 278 valence electrons. The molecule has 0 saturated carbocycles. The Morgan fingerprint density at radius 1 is 0.468 bits per heavy atom. The van der Waals surface area contributed by atoms with Gasteiger partial charge in [-0.2, -0.15) is 0 Å². The number of ether oxygens (including phenoxy) is 2. The van der Waals surface area contributed by atoms with E-state index in [0.29, 0.717) is 12.8 Å². The first-order chi connectivity index (χ1) is 23.1. The summed E-state index contributed by atoms with van der Waals surface area (Å²) in [5, 5.41) is 9.53. The molecule has 0 heterocycles. The van der Waals surface area contributed by atoms with Crippen molar-refractivity contribution in [3.8, 4) is 0 Å². The second kappa shape index (κ2) is 39.1. The summed E-state index contributed by atoms with van der Waals surface area (Å²) in [5.74, 6) is -0.620. The number of aliphatic hydroxyl groups excluding tert-OH is 1. The maximum absolute atomic E-state index is 12.1. The zero-order chi connectivity index (χ0) is 34.3. The first kappa shape index (κ1) is 45.6. The van der Waals surface area contributed by atoms with Gasteiger partial charge in [0.05, 0.1) is 6.61 Å². The zero-order valence-electron chi connectivity index (χ0n) is 31.6. The molecule has 0 aliphatic heterocycles. The number of unbranched alkanes of at least 4 members (excludes halogenated alkanes) is 28. The number of carbonyl (C=O) groups excluding carboxylic acids is 2. The summed E-state index contributed by atoms with van der Waals surface area (Å²) < 4.78 is 10.6. The van der Waals surface area contributed by atoms with Crippen LogP contribution in [0.25, 0.3) is 0 Å². The summed E-state index contributed by atoms with van der Waals surface area (Å²) >= 11 is 0. The van der Waals surface area contributed by atoms with Gasteiger partial charge in [0.1, 0.15) is 6.61 Å². The molecule has 0 fully saturated rings. The van der Waals surface area contributed by atoms with Gasteiger partial charge in [-0.3, -0.25) is 9.59 Å². The van der Waals surface area contributed by atoms with Crippen LogP contribution in [0.3, 0.4) is 0 Å². The van der Waals surface area contributed by atoms with Crippen molar-refractivity contribution in [3.05, 3.63) is 12.2 Å². The van der Waals surface area contributed by atoms with E-state index in [1.807, 2.05) is 0 Å². The molecule has 0 aromatic rings. The molecule has 0 aromatic carbocycles. The van der Waals surface area contributed by atoms with Gasteiger partial charge in [0.2, 0.25) is 0 Å². The molecule has 47 heavy (non-hydrogen) atoms. The van der Waals surface area contributed by atoms with Gasteiger partial charge >= 0.3 is 11.9 Å². The summed E-state index contributed by atoms with van der Waals surface area (Å²) in [5.41, 5.74) is 0. The van der Waals surface area contributed by atoms with Gasteiger partial charge in [0.15, 0.2) is 6.10 Å². The molecule has 0 radical (unpaired) electrons. The molecule has 0 unspecified atom stereocenters. The molecule has 0 bridgehead atoms. The number of aliphatic hydroxyl groups is 1. The number of carbonyl (C=O) groups is 2. The maximum Gasteiger partial charge on any atom is 0.306 e. The van der Waals surface area contributed by atoms with Gasteiger partial charge in [-0.1, -0.05) is 193 Å². The van der Waals surface area contributed by atoms with Crippen LogP contribution < -0.4 is 0 Å². The van der Waals surface area contributed by atoms with Crippen LogP contribution in [0.4, 0.5) is 0 Å². The monoisotopic (exact) mass is 665 g/mol. The lowest BCUT2D eigenvalue weighted by molar-refractivity contribution is -0.161. The number of hydrogen-bond acceptors (Lipinski definition) is 5. The van der Waals surface area contributed by atoms with E-state index in [1.165, 1.54) is 161 Å². The van der Waals surface area contributed by atoms with Crippen LogP contribution in [0, 0.1) is 0 Å². The Morgan fingerprint density at radius 3 is 1.21 bits per heavy atom. The van der Waals surface area contributed by atoms with Gasteiger partial charge in [0.25, 0.3) is 0 Å². The van der Waals surface area contributed by atoms with Crippen molar-refractivity contribution in [2.24, 2.45) is 0 Å². The van der Waals surface area contributed by atoms with Crippen molar-refractivity contribution >= 4 is 11.9 Å². The van der Waals surface area contributed by atoms with E-state index >= 15 is 0 Å². The fourth-order valence-corrected chi connectivity index (χ4v) is 6.15. The molecule has 0 spiro atoms. The quantitative estimate of drug-likeness (QED) is 0.0404. The van der Waals surface area contributed by atoms with E-state index in [0.717, 1.165) is 38.5 Å². The first-order valence-electron chi connectivity index (χ1n) is 20.7. The molecule has 0 aliphatic rings. The van der Waals surface area contributed by atoms with Crippen molar-refractivity contribution < 1.29 is 24.2 Å². The molecule has 1 atom stereocenters. The van der Waals surface area contributed by atoms with E-state index < -0.39 is 6.10 Å². The number of rotatable bonds is 38. The van der Waals surface area contributed by atoms with Crippen LogP contribution in [0.5, 0.6) is 0 Å². The van der Waals surface area contributed by atoms with Crippen LogP contribution in [0.2, 0.25) is 0 Å². The predicted octanol–water partition coefficient (Wildman–Crippen LogP) is 12.9. The third-order valence-corrected chi connectivity index (χ3v) is 9.31. The van der Waals surface area contributed by atoms with Crippen LogP contribution in [0.15, 0.2) is 12.2 Å². The van der Waals surface area contributed by atoms with Crippen molar-refractivity contribution in [2.75, 3.05) is 13.2 Å². The van der Waals surface area contributed by atoms with Crippen molar-refractivity contribution in [1.29, 1.82) is 0 Å². The highest BCUT2D eigenvalue weighted by Gasteiger charge is 2.16. The lowest BCUT2D eigenvalue weighted by atomic mass is 10.0. The lowest BCUT2D eigenvalue weighted by Crippen LogP contribution is -2.28. The molecule has 5 heteroatoms. The average molecular weight is 665 g/mol. The Labute approximate surface area is 292 Å². The largest absolute Gasteiger partial charge is 0.462 e. The van der Waals surface area contributed by atoms with Crippen LogP contribution in [-0.2, 0) is 19.1 Å².